The van der Waals surface area contributed by atoms with E-state index in [9.17, 15) is 9.59 Å². The number of esters is 1. The molecule has 1 aromatic heterocycles. The molecule has 2 aromatic rings. The Bertz CT molecular complexity index is 832. The Hall–Kier alpha value is -2.70. The van der Waals surface area contributed by atoms with Gasteiger partial charge in [0.05, 0.1) is 5.92 Å². The van der Waals surface area contributed by atoms with Crippen molar-refractivity contribution in [2.24, 2.45) is 5.92 Å². The first kappa shape index (κ1) is 19.1. The summed E-state index contributed by atoms with van der Waals surface area (Å²) in [5, 5.41) is 7.61. The summed E-state index contributed by atoms with van der Waals surface area (Å²) in [4.78, 5) is 26.8. The van der Waals surface area contributed by atoms with Crippen molar-refractivity contribution in [1.29, 1.82) is 0 Å². The lowest BCUT2D eigenvalue weighted by molar-refractivity contribution is -0.154. The zero-order chi connectivity index (χ0) is 19.6. The minimum Gasteiger partial charge on any atom is -0.452 e. The fourth-order valence-electron chi connectivity index (χ4n) is 3.27. The smallest absolute Gasteiger partial charge is 0.312 e. The number of benzene rings is 1. The molecule has 0 bridgehead atoms. The number of carbonyl (C=O) groups is 2. The van der Waals surface area contributed by atoms with Crippen LogP contribution in [0.4, 0.5) is 5.69 Å². The number of para-hydroxylation sites is 1. The first-order valence-corrected chi connectivity index (χ1v) is 9.30. The van der Waals surface area contributed by atoms with Crippen LogP contribution in [0.2, 0.25) is 0 Å². The zero-order valence-corrected chi connectivity index (χ0v) is 16.1. The first-order chi connectivity index (χ1) is 12.9. The van der Waals surface area contributed by atoms with E-state index in [0.717, 1.165) is 17.7 Å². The quantitative estimate of drug-likeness (QED) is 0.722. The Balaban J connectivity index is 1.71. The van der Waals surface area contributed by atoms with Crippen LogP contribution in [-0.4, -0.2) is 28.6 Å². The molecule has 7 heteroatoms. The molecule has 1 fully saturated rings. The van der Waals surface area contributed by atoms with Gasteiger partial charge in [-0.05, 0) is 30.9 Å². The maximum absolute atomic E-state index is 12.6. The minimum atomic E-state index is -0.643. The summed E-state index contributed by atoms with van der Waals surface area (Å²) in [5.41, 5.74) is 2.00. The standard InChI is InChI=1S/C20H25N3O4/c1-5-12(2)16-8-6-7-9-17(16)23-11-15(10-18(23)24)20(25)26-13(3)19-22-21-14(4)27-19/h6-9,12-13,15H,5,10-11H2,1-4H3/t12-,13+,15+/m0/s1. The number of amides is 1. The largest absolute Gasteiger partial charge is 0.452 e. The number of nitrogens with zero attached hydrogens (tertiary/aromatic N) is 3. The summed E-state index contributed by atoms with van der Waals surface area (Å²) in [5.74, 6) is 0.0138. The van der Waals surface area contributed by atoms with Gasteiger partial charge in [-0.1, -0.05) is 32.0 Å². The minimum absolute atomic E-state index is 0.0611. The molecule has 0 spiro atoms. The second kappa shape index (κ2) is 7.90. The molecule has 1 aliphatic rings. The molecule has 2 heterocycles. The van der Waals surface area contributed by atoms with Gasteiger partial charge in [0.1, 0.15) is 0 Å². The number of hydrogen-bond acceptors (Lipinski definition) is 6. The normalized spacial score (nSPS) is 19.2. The summed E-state index contributed by atoms with van der Waals surface area (Å²) in [6.07, 6.45) is 0.477. The van der Waals surface area contributed by atoms with Gasteiger partial charge in [-0.2, -0.15) is 0 Å². The second-order valence-corrected chi connectivity index (χ2v) is 7.01. The van der Waals surface area contributed by atoms with Crippen LogP contribution in [0.15, 0.2) is 28.7 Å². The van der Waals surface area contributed by atoms with Gasteiger partial charge in [-0.15, -0.1) is 10.2 Å². The van der Waals surface area contributed by atoms with E-state index in [1.807, 2.05) is 24.3 Å². The molecular weight excluding hydrogens is 346 g/mol. The van der Waals surface area contributed by atoms with Gasteiger partial charge < -0.3 is 14.1 Å². The predicted octanol–water partition coefficient (Wildman–Crippen LogP) is 3.55. The lowest BCUT2D eigenvalue weighted by Gasteiger charge is -2.23. The topological polar surface area (TPSA) is 85.5 Å². The van der Waals surface area contributed by atoms with Gasteiger partial charge in [0, 0.05) is 25.6 Å². The molecule has 27 heavy (non-hydrogen) atoms. The van der Waals surface area contributed by atoms with Crippen molar-refractivity contribution >= 4 is 17.6 Å². The Kier molecular flexibility index (Phi) is 5.58. The van der Waals surface area contributed by atoms with Crippen LogP contribution in [-0.2, 0) is 14.3 Å². The molecule has 0 radical (unpaired) electrons. The van der Waals surface area contributed by atoms with Crippen molar-refractivity contribution in [2.45, 2.75) is 52.6 Å². The van der Waals surface area contributed by atoms with E-state index in [0.29, 0.717) is 18.4 Å². The maximum Gasteiger partial charge on any atom is 0.312 e. The van der Waals surface area contributed by atoms with Crippen molar-refractivity contribution in [3.8, 4) is 0 Å². The van der Waals surface area contributed by atoms with E-state index in [-0.39, 0.29) is 18.2 Å². The number of anilines is 1. The number of carbonyl (C=O) groups excluding carboxylic acids is 2. The highest BCUT2D eigenvalue weighted by molar-refractivity contribution is 6.00. The molecule has 0 aliphatic carbocycles. The average Bonchev–Trinajstić information content (AvgIpc) is 3.27. The van der Waals surface area contributed by atoms with Crippen LogP contribution in [0.5, 0.6) is 0 Å². The lowest BCUT2D eigenvalue weighted by Crippen LogP contribution is -2.28. The number of ether oxygens (including phenoxy) is 1. The third kappa shape index (κ3) is 4.02. The first-order valence-electron chi connectivity index (χ1n) is 9.30. The number of hydrogen-bond donors (Lipinski definition) is 0. The SMILES string of the molecule is CC[C@H](C)c1ccccc1N1C[C@H](C(=O)O[C@H](C)c2nnc(C)o2)CC1=O. The van der Waals surface area contributed by atoms with E-state index in [1.54, 1.807) is 18.7 Å². The highest BCUT2D eigenvalue weighted by Gasteiger charge is 2.38. The third-order valence-electron chi connectivity index (χ3n) is 5.01. The van der Waals surface area contributed by atoms with Crippen LogP contribution < -0.4 is 4.90 Å². The van der Waals surface area contributed by atoms with Gasteiger partial charge in [0.15, 0.2) is 6.10 Å². The summed E-state index contributed by atoms with van der Waals surface area (Å²) < 4.78 is 10.7. The molecule has 3 rings (SSSR count). The summed E-state index contributed by atoms with van der Waals surface area (Å²) in [6.45, 7) is 7.93. The summed E-state index contributed by atoms with van der Waals surface area (Å²) >= 11 is 0. The maximum atomic E-state index is 12.6. The van der Waals surface area contributed by atoms with Gasteiger partial charge in [-0.25, -0.2) is 0 Å². The van der Waals surface area contributed by atoms with Crippen molar-refractivity contribution < 1.29 is 18.7 Å². The fourth-order valence-corrected chi connectivity index (χ4v) is 3.27. The molecule has 1 amide bonds. The molecule has 3 atom stereocenters. The van der Waals surface area contributed by atoms with E-state index in [1.165, 1.54) is 0 Å². The number of aromatic nitrogens is 2. The highest BCUT2D eigenvalue weighted by atomic mass is 16.6. The van der Waals surface area contributed by atoms with Gasteiger partial charge in [0.25, 0.3) is 5.89 Å². The van der Waals surface area contributed by atoms with Crippen LogP contribution in [0.3, 0.4) is 0 Å². The van der Waals surface area contributed by atoms with Crippen LogP contribution >= 0.6 is 0 Å². The highest BCUT2D eigenvalue weighted by Crippen LogP contribution is 2.34. The summed E-state index contributed by atoms with van der Waals surface area (Å²) in [7, 11) is 0. The number of rotatable bonds is 6. The molecule has 1 saturated heterocycles. The Morgan fingerprint density at radius 2 is 2.07 bits per heavy atom. The van der Waals surface area contributed by atoms with Gasteiger partial charge in [0.2, 0.25) is 11.8 Å². The van der Waals surface area contributed by atoms with Crippen molar-refractivity contribution in [2.75, 3.05) is 11.4 Å². The lowest BCUT2D eigenvalue weighted by atomic mass is 9.96. The Morgan fingerprint density at radius 3 is 2.74 bits per heavy atom. The molecule has 0 saturated carbocycles. The fraction of sp³-hybridized carbons (Fsp3) is 0.500. The second-order valence-electron chi connectivity index (χ2n) is 7.01. The average molecular weight is 371 g/mol. The van der Waals surface area contributed by atoms with Crippen LogP contribution in [0.1, 0.15) is 63.0 Å². The van der Waals surface area contributed by atoms with E-state index < -0.39 is 18.0 Å². The molecule has 144 valence electrons. The predicted molar refractivity (Wildman–Crippen MR) is 99.2 cm³/mol. The number of aryl methyl sites for hydroxylation is 1. The van der Waals surface area contributed by atoms with Crippen LogP contribution in [0.25, 0.3) is 0 Å². The Morgan fingerprint density at radius 1 is 1.33 bits per heavy atom. The van der Waals surface area contributed by atoms with Crippen molar-refractivity contribution in [1.82, 2.24) is 10.2 Å². The Labute approximate surface area is 158 Å². The third-order valence-corrected chi connectivity index (χ3v) is 5.01. The van der Waals surface area contributed by atoms with Crippen molar-refractivity contribution in [3.05, 3.63) is 41.6 Å². The molecule has 1 aromatic carbocycles. The van der Waals surface area contributed by atoms with Crippen molar-refractivity contribution in [3.63, 3.8) is 0 Å². The monoisotopic (exact) mass is 371 g/mol. The molecular formula is C20H25N3O4. The molecule has 1 aliphatic heterocycles. The van der Waals surface area contributed by atoms with E-state index in [4.69, 9.17) is 9.15 Å². The van der Waals surface area contributed by atoms with Gasteiger partial charge >= 0.3 is 5.97 Å². The van der Waals surface area contributed by atoms with E-state index in [2.05, 4.69) is 24.0 Å². The molecule has 0 N–H and O–H groups in total. The summed E-state index contributed by atoms with van der Waals surface area (Å²) in [6, 6.07) is 7.88. The molecule has 7 nitrogen and oxygen atoms in total. The van der Waals surface area contributed by atoms with Gasteiger partial charge in [-0.3, -0.25) is 9.59 Å². The van der Waals surface area contributed by atoms with Crippen LogP contribution in [0, 0.1) is 12.8 Å². The molecule has 0 unspecified atom stereocenters. The van der Waals surface area contributed by atoms with E-state index >= 15 is 0 Å². The zero-order valence-electron chi connectivity index (χ0n) is 16.1.